The van der Waals surface area contributed by atoms with Gasteiger partial charge in [-0.3, -0.25) is 9.59 Å². The number of furan rings is 1. The van der Waals surface area contributed by atoms with Gasteiger partial charge in [-0.15, -0.1) is 0 Å². The second-order valence-corrected chi connectivity index (χ2v) is 3.80. The number of aldehydes is 1. The molecule has 18 heavy (non-hydrogen) atoms. The Morgan fingerprint density at radius 1 is 1.33 bits per heavy atom. The third-order valence-electron chi connectivity index (χ3n) is 2.49. The Kier molecular flexibility index (Phi) is 3.57. The highest BCUT2D eigenvalue weighted by Crippen LogP contribution is 2.24. The summed E-state index contributed by atoms with van der Waals surface area (Å²) in [5.41, 5.74) is 1.53. The zero-order valence-electron chi connectivity index (χ0n) is 9.97. The van der Waals surface area contributed by atoms with Gasteiger partial charge in [-0.2, -0.15) is 0 Å². The molecule has 2 rings (SSSR count). The van der Waals surface area contributed by atoms with E-state index in [0.29, 0.717) is 24.2 Å². The number of hydrogen-bond donors (Lipinski definition) is 1. The first-order valence-corrected chi connectivity index (χ1v) is 5.68. The molecule has 0 saturated heterocycles. The predicted octanol–water partition coefficient (Wildman–Crippen LogP) is 3.11. The van der Waals surface area contributed by atoms with Crippen LogP contribution >= 0.6 is 0 Å². The van der Waals surface area contributed by atoms with Gasteiger partial charge in [-0.05, 0) is 24.3 Å². The second-order valence-electron chi connectivity index (χ2n) is 3.80. The van der Waals surface area contributed by atoms with Gasteiger partial charge in [-0.1, -0.05) is 19.1 Å². The van der Waals surface area contributed by atoms with E-state index in [9.17, 15) is 9.59 Å². The maximum atomic E-state index is 11.3. The molecule has 0 aliphatic carbocycles. The standard InChI is InChI=1S/C14H13NO3/c1-2-14(17)15-11-5-3-4-10(8-11)13-7-6-12(9-16)18-13/h3-9H,2H2,1H3,(H,15,17). The molecule has 92 valence electrons. The minimum atomic E-state index is -0.0415. The molecule has 0 unspecified atom stereocenters. The summed E-state index contributed by atoms with van der Waals surface area (Å²) < 4.78 is 5.32. The zero-order valence-corrected chi connectivity index (χ0v) is 9.97. The normalized spacial score (nSPS) is 10.1. The van der Waals surface area contributed by atoms with Crippen LogP contribution in [-0.2, 0) is 4.79 Å². The second kappa shape index (κ2) is 5.31. The number of hydrogen-bond acceptors (Lipinski definition) is 3. The van der Waals surface area contributed by atoms with Gasteiger partial charge >= 0.3 is 0 Å². The molecular weight excluding hydrogens is 230 g/mol. The van der Waals surface area contributed by atoms with E-state index < -0.39 is 0 Å². The molecule has 1 heterocycles. The first-order chi connectivity index (χ1) is 8.72. The molecule has 0 spiro atoms. The fourth-order valence-electron chi connectivity index (χ4n) is 1.57. The lowest BCUT2D eigenvalue weighted by molar-refractivity contribution is -0.115. The number of benzene rings is 1. The van der Waals surface area contributed by atoms with Gasteiger partial charge in [0.05, 0.1) is 0 Å². The number of rotatable bonds is 4. The van der Waals surface area contributed by atoms with Crippen LogP contribution in [0.3, 0.4) is 0 Å². The van der Waals surface area contributed by atoms with Crippen LogP contribution in [0.25, 0.3) is 11.3 Å². The van der Waals surface area contributed by atoms with Crippen molar-refractivity contribution >= 4 is 17.9 Å². The number of amides is 1. The van der Waals surface area contributed by atoms with Crippen molar-refractivity contribution in [1.29, 1.82) is 0 Å². The number of carbonyl (C=O) groups is 2. The van der Waals surface area contributed by atoms with Crippen LogP contribution in [0.4, 0.5) is 5.69 Å². The zero-order chi connectivity index (χ0) is 13.0. The summed E-state index contributed by atoms with van der Waals surface area (Å²) in [6.45, 7) is 1.79. The van der Waals surface area contributed by atoms with Gasteiger partial charge in [0.1, 0.15) is 5.76 Å². The lowest BCUT2D eigenvalue weighted by Gasteiger charge is -2.04. The van der Waals surface area contributed by atoms with Crippen molar-refractivity contribution in [2.45, 2.75) is 13.3 Å². The monoisotopic (exact) mass is 243 g/mol. The van der Waals surface area contributed by atoms with Crippen molar-refractivity contribution in [3.63, 3.8) is 0 Å². The first kappa shape index (κ1) is 12.1. The lowest BCUT2D eigenvalue weighted by Crippen LogP contribution is -2.09. The quantitative estimate of drug-likeness (QED) is 0.839. The largest absolute Gasteiger partial charge is 0.453 e. The average Bonchev–Trinajstić information content (AvgIpc) is 2.87. The summed E-state index contributed by atoms with van der Waals surface area (Å²) in [5.74, 6) is 0.845. The summed E-state index contributed by atoms with van der Waals surface area (Å²) in [5, 5.41) is 2.77. The van der Waals surface area contributed by atoms with Crippen molar-refractivity contribution in [3.8, 4) is 11.3 Å². The maximum absolute atomic E-state index is 11.3. The Balaban J connectivity index is 2.26. The molecule has 0 atom stereocenters. The van der Waals surface area contributed by atoms with Crippen molar-refractivity contribution in [1.82, 2.24) is 0 Å². The van der Waals surface area contributed by atoms with Crippen molar-refractivity contribution in [3.05, 3.63) is 42.2 Å². The van der Waals surface area contributed by atoms with Gasteiger partial charge in [0, 0.05) is 17.7 Å². The Hall–Kier alpha value is -2.36. The number of nitrogens with one attached hydrogen (secondary N) is 1. The Labute approximate surface area is 105 Å². The molecule has 2 aromatic rings. The van der Waals surface area contributed by atoms with E-state index in [2.05, 4.69) is 5.32 Å². The van der Waals surface area contributed by atoms with Gasteiger partial charge in [0.25, 0.3) is 0 Å². The van der Waals surface area contributed by atoms with Crippen LogP contribution < -0.4 is 5.32 Å². The Bertz CT molecular complexity index is 572. The van der Waals surface area contributed by atoms with Crippen LogP contribution in [0.2, 0.25) is 0 Å². The molecule has 0 aliphatic rings. The van der Waals surface area contributed by atoms with Crippen molar-refractivity contribution < 1.29 is 14.0 Å². The Morgan fingerprint density at radius 2 is 2.17 bits per heavy atom. The van der Waals surface area contributed by atoms with Gasteiger partial charge in [0.2, 0.25) is 5.91 Å². The van der Waals surface area contributed by atoms with Crippen LogP contribution in [0.1, 0.15) is 23.9 Å². The van der Waals surface area contributed by atoms with E-state index in [1.165, 1.54) is 0 Å². The third-order valence-corrected chi connectivity index (χ3v) is 2.49. The van der Waals surface area contributed by atoms with E-state index in [1.54, 1.807) is 31.2 Å². The molecule has 1 aromatic heterocycles. The van der Waals surface area contributed by atoms with Gasteiger partial charge in [0.15, 0.2) is 12.0 Å². The van der Waals surface area contributed by atoms with Crippen LogP contribution in [-0.4, -0.2) is 12.2 Å². The minimum absolute atomic E-state index is 0.0415. The Morgan fingerprint density at radius 3 is 2.83 bits per heavy atom. The van der Waals surface area contributed by atoms with Crippen LogP contribution in [0, 0.1) is 0 Å². The smallest absolute Gasteiger partial charge is 0.224 e. The van der Waals surface area contributed by atoms with E-state index in [1.807, 2.05) is 12.1 Å². The highest BCUT2D eigenvalue weighted by atomic mass is 16.3. The molecule has 4 nitrogen and oxygen atoms in total. The molecule has 1 amide bonds. The number of anilines is 1. The predicted molar refractivity (Wildman–Crippen MR) is 68.5 cm³/mol. The molecule has 0 saturated carbocycles. The summed E-state index contributed by atoms with van der Waals surface area (Å²) in [4.78, 5) is 21.9. The molecule has 0 fully saturated rings. The highest BCUT2D eigenvalue weighted by molar-refractivity contribution is 5.91. The van der Waals surface area contributed by atoms with E-state index in [4.69, 9.17) is 4.42 Å². The van der Waals surface area contributed by atoms with Crippen LogP contribution in [0.15, 0.2) is 40.8 Å². The number of carbonyl (C=O) groups excluding carboxylic acids is 2. The van der Waals surface area contributed by atoms with E-state index >= 15 is 0 Å². The maximum Gasteiger partial charge on any atom is 0.224 e. The molecule has 0 aliphatic heterocycles. The van der Waals surface area contributed by atoms with Crippen molar-refractivity contribution in [2.24, 2.45) is 0 Å². The average molecular weight is 243 g/mol. The van der Waals surface area contributed by atoms with E-state index in [0.717, 1.165) is 5.56 Å². The lowest BCUT2D eigenvalue weighted by atomic mass is 10.1. The molecule has 1 aromatic carbocycles. The van der Waals surface area contributed by atoms with E-state index in [-0.39, 0.29) is 11.7 Å². The summed E-state index contributed by atoms with van der Waals surface area (Å²) in [6, 6.07) is 10.6. The minimum Gasteiger partial charge on any atom is -0.453 e. The highest BCUT2D eigenvalue weighted by Gasteiger charge is 2.06. The topological polar surface area (TPSA) is 59.3 Å². The SMILES string of the molecule is CCC(=O)Nc1cccc(-c2ccc(C=O)o2)c1. The molecule has 0 bridgehead atoms. The van der Waals surface area contributed by atoms with Gasteiger partial charge in [-0.25, -0.2) is 0 Å². The summed E-state index contributed by atoms with van der Waals surface area (Å²) in [7, 11) is 0. The molecule has 4 heteroatoms. The van der Waals surface area contributed by atoms with Crippen LogP contribution in [0.5, 0.6) is 0 Å². The van der Waals surface area contributed by atoms with Crippen molar-refractivity contribution in [2.75, 3.05) is 5.32 Å². The molecule has 0 radical (unpaired) electrons. The summed E-state index contributed by atoms with van der Waals surface area (Å²) in [6.07, 6.45) is 1.09. The fourth-order valence-corrected chi connectivity index (χ4v) is 1.57. The third kappa shape index (κ3) is 2.66. The summed E-state index contributed by atoms with van der Waals surface area (Å²) >= 11 is 0. The van der Waals surface area contributed by atoms with Gasteiger partial charge < -0.3 is 9.73 Å². The first-order valence-electron chi connectivity index (χ1n) is 5.68. The molecule has 1 N–H and O–H groups in total. The fraction of sp³-hybridized carbons (Fsp3) is 0.143. The molecular formula is C14H13NO3.